The van der Waals surface area contributed by atoms with Gasteiger partial charge in [-0.25, -0.2) is 0 Å². The second-order valence-electron chi connectivity index (χ2n) is 3.96. The lowest BCUT2D eigenvalue weighted by atomic mass is 9.99. The van der Waals surface area contributed by atoms with Crippen LogP contribution in [0, 0.1) is 0 Å². The highest BCUT2D eigenvalue weighted by Gasteiger charge is 2.36. The summed E-state index contributed by atoms with van der Waals surface area (Å²) in [5.74, 6) is 0. The number of aliphatic hydroxyl groups is 1. The number of fused-ring (bicyclic) bond motifs is 2. The van der Waals surface area contributed by atoms with E-state index in [9.17, 15) is 5.11 Å². The fraction of sp³-hybridized carbons (Fsp3) is 1.00. The van der Waals surface area contributed by atoms with Crippen LogP contribution >= 0.6 is 0 Å². The van der Waals surface area contributed by atoms with Gasteiger partial charge in [0, 0.05) is 12.1 Å². The Morgan fingerprint density at radius 1 is 1.18 bits per heavy atom. The molecule has 3 atom stereocenters. The Morgan fingerprint density at radius 2 is 2.00 bits per heavy atom. The summed E-state index contributed by atoms with van der Waals surface area (Å²) < 4.78 is 0. The van der Waals surface area contributed by atoms with Crippen molar-refractivity contribution < 1.29 is 5.11 Å². The zero-order chi connectivity index (χ0) is 7.84. The Hall–Kier alpha value is -0.0800. The largest absolute Gasteiger partial charge is 0.391 e. The SMILES string of the molecule is CN1C2CCC[C@H](O)C1CC2. The van der Waals surface area contributed by atoms with Crippen LogP contribution in [0.2, 0.25) is 0 Å². The first-order valence-electron chi connectivity index (χ1n) is 4.69. The Labute approximate surface area is 68.2 Å². The van der Waals surface area contributed by atoms with Gasteiger partial charge in [0.1, 0.15) is 0 Å². The van der Waals surface area contributed by atoms with Crippen molar-refractivity contribution in [1.82, 2.24) is 4.90 Å². The first-order chi connectivity index (χ1) is 5.29. The van der Waals surface area contributed by atoms with E-state index in [1.54, 1.807) is 0 Å². The molecular formula is C9H17NO. The summed E-state index contributed by atoms with van der Waals surface area (Å²) in [5.41, 5.74) is 0. The summed E-state index contributed by atoms with van der Waals surface area (Å²) in [6, 6.07) is 1.25. The van der Waals surface area contributed by atoms with Crippen molar-refractivity contribution in [3.05, 3.63) is 0 Å². The van der Waals surface area contributed by atoms with Gasteiger partial charge in [-0.1, -0.05) is 0 Å². The number of rotatable bonds is 0. The smallest absolute Gasteiger partial charge is 0.0695 e. The van der Waals surface area contributed by atoms with Crippen LogP contribution in [0.4, 0.5) is 0 Å². The fourth-order valence-electron chi connectivity index (χ4n) is 2.61. The lowest BCUT2D eigenvalue weighted by molar-refractivity contribution is 0.0808. The second kappa shape index (κ2) is 2.76. The van der Waals surface area contributed by atoms with E-state index in [4.69, 9.17) is 0 Å². The molecule has 2 unspecified atom stereocenters. The molecule has 2 bridgehead atoms. The van der Waals surface area contributed by atoms with Gasteiger partial charge in [-0.2, -0.15) is 0 Å². The molecule has 1 N–H and O–H groups in total. The van der Waals surface area contributed by atoms with Gasteiger partial charge in [0.25, 0.3) is 0 Å². The van der Waals surface area contributed by atoms with Gasteiger partial charge in [0.2, 0.25) is 0 Å². The molecule has 2 aliphatic heterocycles. The predicted octanol–water partition coefficient (Wildman–Crippen LogP) is 0.994. The van der Waals surface area contributed by atoms with E-state index < -0.39 is 0 Å². The highest BCUT2D eigenvalue weighted by atomic mass is 16.3. The highest BCUT2D eigenvalue weighted by Crippen LogP contribution is 2.32. The zero-order valence-electron chi connectivity index (χ0n) is 7.16. The van der Waals surface area contributed by atoms with E-state index in [-0.39, 0.29) is 6.10 Å². The maximum absolute atomic E-state index is 9.70. The highest BCUT2D eigenvalue weighted by molar-refractivity contribution is 4.92. The average molecular weight is 155 g/mol. The average Bonchev–Trinajstić information content (AvgIpc) is 2.23. The van der Waals surface area contributed by atoms with E-state index in [1.165, 1.54) is 25.7 Å². The number of aliphatic hydroxyl groups excluding tert-OH is 1. The molecule has 0 radical (unpaired) electrons. The van der Waals surface area contributed by atoms with Crippen molar-refractivity contribution in [3.8, 4) is 0 Å². The molecule has 0 aromatic carbocycles. The molecule has 2 heterocycles. The van der Waals surface area contributed by atoms with Gasteiger partial charge in [0.15, 0.2) is 0 Å². The molecule has 11 heavy (non-hydrogen) atoms. The maximum atomic E-state index is 9.70. The monoisotopic (exact) mass is 155 g/mol. The van der Waals surface area contributed by atoms with Gasteiger partial charge in [-0.15, -0.1) is 0 Å². The second-order valence-corrected chi connectivity index (χ2v) is 3.96. The third-order valence-electron chi connectivity index (χ3n) is 3.38. The van der Waals surface area contributed by atoms with Gasteiger partial charge in [-0.05, 0) is 39.2 Å². The molecular weight excluding hydrogens is 138 g/mol. The summed E-state index contributed by atoms with van der Waals surface area (Å²) in [4.78, 5) is 2.39. The summed E-state index contributed by atoms with van der Waals surface area (Å²) in [5, 5.41) is 9.70. The van der Waals surface area contributed by atoms with Gasteiger partial charge < -0.3 is 5.11 Å². The quantitative estimate of drug-likeness (QED) is 0.564. The minimum atomic E-state index is -0.0486. The third kappa shape index (κ3) is 1.18. The van der Waals surface area contributed by atoms with E-state index in [0.29, 0.717) is 6.04 Å². The van der Waals surface area contributed by atoms with E-state index in [0.717, 1.165) is 12.5 Å². The van der Waals surface area contributed by atoms with Gasteiger partial charge in [-0.3, -0.25) is 4.90 Å². The van der Waals surface area contributed by atoms with Crippen LogP contribution in [-0.2, 0) is 0 Å². The number of nitrogens with zero attached hydrogens (tertiary/aromatic N) is 1. The van der Waals surface area contributed by atoms with E-state index in [1.807, 2.05) is 0 Å². The summed E-state index contributed by atoms with van der Waals surface area (Å²) in [7, 11) is 2.16. The maximum Gasteiger partial charge on any atom is 0.0695 e. The van der Waals surface area contributed by atoms with E-state index >= 15 is 0 Å². The van der Waals surface area contributed by atoms with Crippen LogP contribution in [0.15, 0.2) is 0 Å². The summed E-state index contributed by atoms with van der Waals surface area (Å²) in [6.07, 6.45) is 6.00. The molecule has 0 aliphatic carbocycles. The van der Waals surface area contributed by atoms with Gasteiger partial charge >= 0.3 is 0 Å². The summed E-state index contributed by atoms with van der Waals surface area (Å²) >= 11 is 0. The van der Waals surface area contributed by atoms with Crippen LogP contribution < -0.4 is 0 Å². The number of hydrogen-bond acceptors (Lipinski definition) is 2. The minimum Gasteiger partial charge on any atom is -0.391 e. The van der Waals surface area contributed by atoms with Crippen LogP contribution in [-0.4, -0.2) is 35.2 Å². The number of hydrogen-bond donors (Lipinski definition) is 1. The number of likely N-dealkylation sites (N-methyl/N-ethyl adjacent to an activating group) is 1. The molecule has 2 fully saturated rings. The first kappa shape index (κ1) is 7.56. The lowest BCUT2D eigenvalue weighted by Crippen LogP contribution is -2.37. The summed E-state index contributed by atoms with van der Waals surface area (Å²) in [6.45, 7) is 0. The minimum absolute atomic E-state index is 0.0486. The predicted molar refractivity (Wildman–Crippen MR) is 44.4 cm³/mol. The Kier molecular flexibility index (Phi) is 1.90. The molecule has 2 rings (SSSR count). The van der Waals surface area contributed by atoms with Crippen LogP contribution in [0.5, 0.6) is 0 Å². The van der Waals surface area contributed by atoms with Crippen LogP contribution in [0.1, 0.15) is 32.1 Å². The Morgan fingerprint density at radius 3 is 2.82 bits per heavy atom. The van der Waals surface area contributed by atoms with Gasteiger partial charge in [0.05, 0.1) is 6.10 Å². The first-order valence-corrected chi connectivity index (χ1v) is 4.69. The topological polar surface area (TPSA) is 23.5 Å². The normalized spacial score (nSPS) is 45.8. The molecule has 2 saturated heterocycles. The van der Waals surface area contributed by atoms with Crippen molar-refractivity contribution in [3.63, 3.8) is 0 Å². The molecule has 0 saturated carbocycles. The molecule has 2 heteroatoms. The third-order valence-corrected chi connectivity index (χ3v) is 3.38. The van der Waals surface area contributed by atoms with Crippen molar-refractivity contribution in [2.75, 3.05) is 7.05 Å². The lowest BCUT2D eigenvalue weighted by Gasteiger charge is -2.25. The van der Waals surface area contributed by atoms with E-state index in [2.05, 4.69) is 11.9 Å². The van der Waals surface area contributed by atoms with Crippen LogP contribution in [0.25, 0.3) is 0 Å². The van der Waals surface area contributed by atoms with Crippen molar-refractivity contribution in [2.24, 2.45) is 0 Å². The molecule has 2 aliphatic rings. The van der Waals surface area contributed by atoms with Crippen molar-refractivity contribution in [2.45, 2.75) is 50.3 Å². The van der Waals surface area contributed by atoms with Crippen LogP contribution in [0.3, 0.4) is 0 Å². The van der Waals surface area contributed by atoms with Crippen molar-refractivity contribution in [1.29, 1.82) is 0 Å². The molecule has 0 aromatic heterocycles. The molecule has 0 aromatic rings. The molecule has 2 nitrogen and oxygen atoms in total. The Bertz CT molecular complexity index is 148. The molecule has 0 amide bonds. The van der Waals surface area contributed by atoms with Crippen molar-refractivity contribution >= 4 is 0 Å². The Balaban J connectivity index is 2.12. The molecule has 64 valence electrons. The standard InChI is InChI=1S/C9H17NO/c1-10-7-3-2-4-9(11)8(10)6-5-7/h7-9,11H,2-6H2,1H3/t7?,8?,9-/m0/s1. The molecule has 0 spiro atoms. The fourth-order valence-corrected chi connectivity index (χ4v) is 2.61. The zero-order valence-corrected chi connectivity index (χ0v) is 7.16.